The van der Waals surface area contributed by atoms with Crippen LogP contribution < -0.4 is 26.0 Å². The molecule has 2 amide bonds. The molecule has 40 heavy (non-hydrogen) atoms. The first-order chi connectivity index (χ1) is 19.5. The standard InChI is InChI=1S/C32H32N4O3S/c1-2-3-9-22-39-27-20-14-23(15-21-27)30(37)36-32(40)35-29-13-8-7-12-28(29)31(38)34-26-18-16-25(17-19-26)33-24-10-5-4-6-11-24/h4-8,10-21,33H,2-3,9,22H2,1H3,(H,34,38)(H2,35,36,37,40). The van der Waals surface area contributed by atoms with Crippen molar-refractivity contribution in [2.75, 3.05) is 22.6 Å². The van der Waals surface area contributed by atoms with Crippen LogP contribution in [0.1, 0.15) is 46.9 Å². The molecule has 0 saturated carbocycles. The first kappa shape index (κ1) is 28.3. The molecule has 4 rings (SSSR count). The van der Waals surface area contributed by atoms with E-state index in [-0.39, 0.29) is 16.9 Å². The number of unbranched alkanes of at least 4 members (excludes halogenated alkanes) is 2. The molecule has 204 valence electrons. The molecule has 0 aliphatic rings. The molecule has 0 unspecified atom stereocenters. The molecular weight excluding hydrogens is 520 g/mol. The molecule has 0 radical (unpaired) electrons. The minimum Gasteiger partial charge on any atom is -0.494 e. The van der Waals surface area contributed by atoms with Crippen LogP contribution in [0.5, 0.6) is 5.75 Å². The summed E-state index contributed by atoms with van der Waals surface area (Å²) in [4.78, 5) is 25.8. The Hall–Kier alpha value is -4.69. The van der Waals surface area contributed by atoms with Gasteiger partial charge in [0.05, 0.1) is 17.9 Å². The van der Waals surface area contributed by atoms with Crippen molar-refractivity contribution in [3.8, 4) is 5.75 Å². The number of thiocarbonyl (C=S) groups is 1. The number of hydrogen-bond donors (Lipinski definition) is 4. The summed E-state index contributed by atoms with van der Waals surface area (Å²) in [5.41, 5.74) is 3.83. The summed E-state index contributed by atoms with van der Waals surface area (Å²) in [5.74, 6) is 0.0482. The fourth-order valence-corrected chi connectivity index (χ4v) is 4.09. The number of nitrogens with one attached hydrogen (secondary N) is 4. The van der Waals surface area contributed by atoms with Crippen LogP contribution in [-0.2, 0) is 0 Å². The third-order valence-corrected chi connectivity index (χ3v) is 6.19. The number of ether oxygens (including phenoxy) is 1. The van der Waals surface area contributed by atoms with Crippen LogP contribution in [0.4, 0.5) is 22.7 Å². The number of amides is 2. The van der Waals surface area contributed by atoms with Crippen molar-refractivity contribution in [3.05, 3.63) is 114 Å². The number of rotatable bonds is 11. The van der Waals surface area contributed by atoms with Gasteiger partial charge in [-0.1, -0.05) is 50.1 Å². The lowest BCUT2D eigenvalue weighted by Gasteiger charge is -2.14. The van der Waals surface area contributed by atoms with E-state index in [1.807, 2.05) is 54.6 Å². The molecule has 0 atom stereocenters. The van der Waals surface area contributed by atoms with E-state index in [0.717, 1.165) is 36.4 Å². The van der Waals surface area contributed by atoms with Crippen LogP contribution in [0, 0.1) is 0 Å². The van der Waals surface area contributed by atoms with Gasteiger partial charge in [-0.25, -0.2) is 0 Å². The Balaban J connectivity index is 1.32. The third kappa shape index (κ3) is 8.41. The molecule has 0 spiro atoms. The van der Waals surface area contributed by atoms with Gasteiger partial charge in [-0.3, -0.25) is 14.9 Å². The van der Waals surface area contributed by atoms with Crippen LogP contribution in [0.2, 0.25) is 0 Å². The van der Waals surface area contributed by atoms with Crippen LogP contribution in [0.15, 0.2) is 103 Å². The van der Waals surface area contributed by atoms with Crippen molar-refractivity contribution in [2.45, 2.75) is 26.2 Å². The fourth-order valence-electron chi connectivity index (χ4n) is 3.89. The number of hydrogen-bond acceptors (Lipinski definition) is 5. The van der Waals surface area contributed by atoms with Gasteiger partial charge in [-0.2, -0.15) is 0 Å². The Kier molecular flexibility index (Phi) is 10.2. The largest absolute Gasteiger partial charge is 0.494 e. The number of carbonyl (C=O) groups is 2. The lowest BCUT2D eigenvalue weighted by Crippen LogP contribution is -2.34. The Labute approximate surface area is 240 Å². The maximum Gasteiger partial charge on any atom is 0.257 e. The van der Waals surface area contributed by atoms with Gasteiger partial charge >= 0.3 is 0 Å². The van der Waals surface area contributed by atoms with E-state index >= 15 is 0 Å². The van der Waals surface area contributed by atoms with E-state index in [4.69, 9.17) is 17.0 Å². The molecule has 4 N–H and O–H groups in total. The summed E-state index contributed by atoms with van der Waals surface area (Å²) in [7, 11) is 0. The maximum absolute atomic E-state index is 13.1. The lowest BCUT2D eigenvalue weighted by atomic mass is 10.1. The molecule has 0 heterocycles. The second-order valence-corrected chi connectivity index (χ2v) is 9.46. The second kappa shape index (κ2) is 14.5. The van der Waals surface area contributed by atoms with Crippen molar-refractivity contribution in [3.63, 3.8) is 0 Å². The number of carbonyl (C=O) groups excluding carboxylic acids is 2. The van der Waals surface area contributed by atoms with Crippen molar-refractivity contribution < 1.29 is 14.3 Å². The van der Waals surface area contributed by atoms with E-state index in [0.29, 0.717) is 29.1 Å². The van der Waals surface area contributed by atoms with E-state index in [2.05, 4.69) is 28.2 Å². The van der Waals surface area contributed by atoms with Crippen LogP contribution >= 0.6 is 12.2 Å². The summed E-state index contributed by atoms with van der Waals surface area (Å²) < 4.78 is 5.70. The van der Waals surface area contributed by atoms with Gasteiger partial charge in [0, 0.05) is 22.6 Å². The fraction of sp³-hybridized carbons (Fsp3) is 0.156. The molecule has 0 aliphatic heterocycles. The summed E-state index contributed by atoms with van der Waals surface area (Å²) in [5, 5.41) is 11.9. The van der Waals surface area contributed by atoms with Crippen molar-refractivity contribution in [1.29, 1.82) is 0 Å². The minimum absolute atomic E-state index is 0.0847. The van der Waals surface area contributed by atoms with Gasteiger partial charge in [0.25, 0.3) is 11.8 Å². The van der Waals surface area contributed by atoms with Crippen LogP contribution in [0.3, 0.4) is 0 Å². The zero-order valence-electron chi connectivity index (χ0n) is 22.3. The Morgan fingerprint density at radius 2 is 1.35 bits per heavy atom. The molecule has 4 aromatic rings. The lowest BCUT2D eigenvalue weighted by molar-refractivity contribution is 0.0976. The highest BCUT2D eigenvalue weighted by atomic mass is 32.1. The average molecular weight is 553 g/mol. The Bertz CT molecular complexity index is 1430. The maximum atomic E-state index is 13.1. The van der Waals surface area contributed by atoms with Crippen LogP contribution in [0.25, 0.3) is 0 Å². The molecule has 0 fully saturated rings. The van der Waals surface area contributed by atoms with E-state index in [1.54, 1.807) is 48.5 Å². The summed E-state index contributed by atoms with van der Waals surface area (Å²) in [6, 6.07) is 31.1. The molecule has 0 saturated heterocycles. The highest BCUT2D eigenvalue weighted by Crippen LogP contribution is 2.21. The van der Waals surface area contributed by atoms with Gasteiger partial charge in [-0.15, -0.1) is 0 Å². The van der Waals surface area contributed by atoms with Gasteiger partial charge in [0.1, 0.15) is 5.75 Å². The van der Waals surface area contributed by atoms with Crippen molar-refractivity contribution in [1.82, 2.24) is 5.32 Å². The van der Waals surface area contributed by atoms with E-state index in [9.17, 15) is 9.59 Å². The smallest absolute Gasteiger partial charge is 0.257 e. The summed E-state index contributed by atoms with van der Waals surface area (Å²) in [6.45, 7) is 2.79. The van der Waals surface area contributed by atoms with Gasteiger partial charge in [-0.05, 0) is 91.4 Å². The monoisotopic (exact) mass is 552 g/mol. The van der Waals surface area contributed by atoms with Crippen molar-refractivity contribution >= 4 is 51.9 Å². The Morgan fingerprint density at radius 1 is 0.700 bits per heavy atom. The Morgan fingerprint density at radius 3 is 2.08 bits per heavy atom. The minimum atomic E-state index is -0.360. The van der Waals surface area contributed by atoms with Crippen molar-refractivity contribution in [2.24, 2.45) is 0 Å². The highest BCUT2D eigenvalue weighted by Gasteiger charge is 2.14. The first-order valence-corrected chi connectivity index (χ1v) is 13.6. The molecule has 0 bridgehead atoms. The topological polar surface area (TPSA) is 91.5 Å². The van der Waals surface area contributed by atoms with Gasteiger partial charge in [0.2, 0.25) is 0 Å². The predicted molar refractivity (Wildman–Crippen MR) is 166 cm³/mol. The zero-order valence-corrected chi connectivity index (χ0v) is 23.1. The summed E-state index contributed by atoms with van der Waals surface area (Å²) in [6.07, 6.45) is 3.25. The normalized spacial score (nSPS) is 10.3. The molecule has 7 nitrogen and oxygen atoms in total. The predicted octanol–water partition coefficient (Wildman–Crippen LogP) is 7.38. The average Bonchev–Trinajstić information content (AvgIpc) is 2.97. The molecule has 0 aromatic heterocycles. The van der Waals surface area contributed by atoms with Crippen LogP contribution in [-0.4, -0.2) is 23.5 Å². The SMILES string of the molecule is CCCCCOc1ccc(C(=O)NC(=S)Nc2ccccc2C(=O)Nc2ccc(Nc3ccccc3)cc2)cc1. The molecular formula is C32H32N4O3S. The quantitative estimate of drug-likeness (QED) is 0.115. The number of benzene rings is 4. The second-order valence-electron chi connectivity index (χ2n) is 9.06. The first-order valence-electron chi connectivity index (χ1n) is 13.2. The number of para-hydroxylation sites is 2. The van der Waals surface area contributed by atoms with E-state index < -0.39 is 0 Å². The van der Waals surface area contributed by atoms with E-state index in [1.165, 1.54) is 0 Å². The molecule has 8 heteroatoms. The third-order valence-electron chi connectivity index (χ3n) is 5.99. The van der Waals surface area contributed by atoms with Gasteiger partial charge in [0.15, 0.2) is 5.11 Å². The number of anilines is 4. The zero-order chi connectivity index (χ0) is 28.2. The van der Waals surface area contributed by atoms with Gasteiger partial charge < -0.3 is 20.7 Å². The molecule has 0 aliphatic carbocycles. The highest BCUT2D eigenvalue weighted by molar-refractivity contribution is 7.80. The molecule has 4 aromatic carbocycles. The summed E-state index contributed by atoms with van der Waals surface area (Å²) >= 11 is 5.36.